The Balaban J connectivity index is 0.785. The fraction of sp³-hybridized carbons (Fsp3) is 0.500. The number of anilines is 5. The third kappa shape index (κ3) is 7.68. The van der Waals surface area contributed by atoms with E-state index in [1.54, 1.807) is 0 Å². The number of halogens is 4. The largest absolute Gasteiger partial charge is 0.480 e. The van der Waals surface area contributed by atoms with Gasteiger partial charge >= 0.3 is 5.92 Å². The quantitative estimate of drug-likeness (QED) is 0.159. The van der Waals surface area contributed by atoms with Crippen molar-refractivity contribution in [3.8, 4) is 5.75 Å². The van der Waals surface area contributed by atoms with Crippen molar-refractivity contribution in [2.24, 2.45) is 25.9 Å². The number of amides is 2. The summed E-state index contributed by atoms with van der Waals surface area (Å²) in [5.74, 6) is -4.22. The van der Waals surface area contributed by atoms with Crippen LogP contribution in [0.1, 0.15) is 57.1 Å². The van der Waals surface area contributed by atoms with E-state index >= 15 is 13.2 Å². The van der Waals surface area contributed by atoms with Gasteiger partial charge < -0.3 is 29.7 Å². The maximum absolute atomic E-state index is 15.8. The minimum absolute atomic E-state index is 0.0000433. The molecular formula is C44H49ClF3N11O4. The summed E-state index contributed by atoms with van der Waals surface area (Å²) in [6.45, 7) is 6.44. The predicted molar refractivity (Wildman–Crippen MR) is 234 cm³/mol. The number of nitrogens with zero attached hydrogens (tertiary/aromatic N) is 8. The summed E-state index contributed by atoms with van der Waals surface area (Å²) >= 11 is 6.57. The highest BCUT2D eigenvalue weighted by atomic mass is 35.5. The SMILES string of the molecule is C[C@H]1CN(c2ccc3c(C4CCC(=O)NC4=O)nn(C)c3c2)CCN1CC1CCN(c2ncc(Cl)c(Nc3cc4c5c(c(=O)n(C)c4cc3F)OCC(F)(F)C(C3CC3)N5)n2)CC1. The first-order valence-corrected chi connectivity index (χ1v) is 22.1. The highest BCUT2D eigenvalue weighted by Gasteiger charge is 2.51. The van der Waals surface area contributed by atoms with Crippen molar-refractivity contribution in [1.29, 1.82) is 0 Å². The first kappa shape index (κ1) is 41.4. The van der Waals surface area contributed by atoms with Gasteiger partial charge in [-0.2, -0.15) is 10.1 Å². The molecule has 5 aliphatic rings. The Hall–Kier alpha value is -5.62. The predicted octanol–water partition coefficient (Wildman–Crippen LogP) is 5.92. The summed E-state index contributed by atoms with van der Waals surface area (Å²) in [6.07, 6.45) is 5.41. The number of alkyl halides is 2. The van der Waals surface area contributed by atoms with E-state index in [1.807, 2.05) is 11.7 Å². The molecule has 0 radical (unpaired) electrons. The van der Waals surface area contributed by atoms with Gasteiger partial charge in [0.25, 0.3) is 5.56 Å². The number of nitrogens with one attached hydrogen (secondary N) is 3. The normalized spacial score (nSPS) is 23.3. The minimum atomic E-state index is -3.21. The van der Waals surface area contributed by atoms with Crippen LogP contribution in [0.3, 0.4) is 0 Å². The van der Waals surface area contributed by atoms with Crippen molar-refractivity contribution < 1.29 is 27.5 Å². The van der Waals surface area contributed by atoms with E-state index in [4.69, 9.17) is 26.4 Å². The molecule has 332 valence electrons. The number of piperidine rings is 2. The smallest absolute Gasteiger partial charge is 0.301 e. The van der Waals surface area contributed by atoms with Crippen LogP contribution in [0.4, 0.5) is 42.0 Å². The van der Waals surface area contributed by atoms with Crippen molar-refractivity contribution >= 4 is 74.0 Å². The first-order valence-electron chi connectivity index (χ1n) is 21.7. The molecule has 1 saturated carbocycles. The molecular weight excluding hydrogens is 839 g/mol. The average molecular weight is 888 g/mol. The fourth-order valence-electron chi connectivity index (χ4n) is 9.87. The second kappa shape index (κ2) is 15.9. The van der Waals surface area contributed by atoms with E-state index in [9.17, 15) is 14.4 Å². The Morgan fingerprint density at radius 3 is 2.51 bits per heavy atom. The summed E-state index contributed by atoms with van der Waals surface area (Å²) < 4.78 is 54.6. The monoisotopic (exact) mass is 887 g/mol. The molecule has 1 aliphatic carbocycles. The summed E-state index contributed by atoms with van der Waals surface area (Å²) in [4.78, 5) is 53.9. The van der Waals surface area contributed by atoms with Gasteiger partial charge in [0.1, 0.15) is 10.8 Å². The second-order valence-corrected chi connectivity index (χ2v) is 18.3. The molecule has 2 aromatic carbocycles. The molecule has 15 nitrogen and oxygen atoms in total. The zero-order valence-electron chi connectivity index (χ0n) is 35.3. The molecule has 4 aliphatic heterocycles. The van der Waals surface area contributed by atoms with Crippen LogP contribution in [0, 0.1) is 17.7 Å². The van der Waals surface area contributed by atoms with Crippen molar-refractivity contribution in [2.75, 3.05) is 66.3 Å². The summed E-state index contributed by atoms with van der Waals surface area (Å²) in [5.41, 5.74) is 2.48. The van der Waals surface area contributed by atoms with Gasteiger partial charge in [-0.1, -0.05) is 11.6 Å². The summed E-state index contributed by atoms with van der Waals surface area (Å²) in [7, 11) is 3.34. The van der Waals surface area contributed by atoms with Crippen LogP contribution in [0.2, 0.25) is 5.02 Å². The molecule has 5 aromatic rings. The molecule has 4 fully saturated rings. The van der Waals surface area contributed by atoms with Gasteiger partial charge in [0.05, 0.1) is 46.3 Å². The Morgan fingerprint density at radius 1 is 0.968 bits per heavy atom. The maximum atomic E-state index is 15.8. The number of carbonyl (C=O) groups is 2. The lowest BCUT2D eigenvalue weighted by atomic mass is 9.92. The number of pyridine rings is 1. The second-order valence-electron chi connectivity index (χ2n) is 17.9. The van der Waals surface area contributed by atoms with Gasteiger partial charge in [0.2, 0.25) is 23.5 Å². The van der Waals surface area contributed by atoms with Crippen LogP contribution in [0.25, 0.3) is 21.8 Å². The Morgan fingerprint density at radius 2 is 1.76 bits per heavy atom. The van der Waals surface area contributed by atoms with Crippen LogP contribution in [-0.2, 0) is 23.7 Å². The lowest BCUT2D eigenvalue weighted by molar-refractivity contribution is -0.134. The molecule has 2 amide bonds. The van der Waals surface area contributed by atoms with Crippen LogP contribution >= 0.6 is 11.6 Å². The summed E-state index contributed by atoms with van der Waals surface area (Å²) in [5, 5.41) is 14.6. The van der Waals surface area contributed by atoms with Crippen LogP contribution in [0.5, 0.6) is 5.75 Å². The molecule has 3 atom stereocenters. The summed E-state index contributed by atoms with van der Waals surface area (Å²) in [6, 6.07) is 8.07. The number of imide groups is 1. The number of benzene rings is 2. The van der Waals surface area contributed by atoms with Crippen LogP contribution in [-0.4, -0.2) is 105 Å². The number of rotatable bonds is 8. The molecule has 7 heterocycles. The van der Waals surface area contributed by atoms with E-state index in [0.29, 0.717) is 54.7 Å². The maximum Gasteiger partial charge on any atom is 0.301 e. The molecule has 19 heteroatoms. The van der Waals surface area contributed by atoms with E-state index in [0.717, 1.165) is 68.7 Å². The fourth-order valence-corrected chi connectivity index (χ4v) is 10.0. The number of aryl methyl sites for hydroxylation is 2. The highest BCUT2D eigenvalue weighted by Crippen LogP contribution is 2.46. The number of hydrogen-bond acceptors (Lipinski definition) is 12. The Labute approximate surface area is 365 Å². The van der Waals surface area contributed by atoms with Crippen LogP contribution in [0.15, 0.2) is 41.3 Å². The standard InChI is InChI=1S/C44H49ClF3N11O4/c1-23-20-59(26-6-7-27-34(16-26)56(3)54-36(27)28-8-9-35(60)51-41(28)61)15-14-58(23)21-24-10-12-57(13-11-24)43-49-19-30(45)40(53-43)50-32-17-29-33(18-31(32)46)55(2)42(62)38-37(29)52-39(25-4-5-25)44(47,48)22-63-38/h6-7,16-19,23-25,28,39,52H,4-5,8-15,20-22H2,1-3H3,(H,49,50,53)(H,51,60,61)/t23-,28?,39?/m0/s1. The average Bonchev–Trinajstić information content (AvgIpc) is 4.07. The molecule has 0 spiro atoms. The molecule has 0 bridgehead atoms. The molecule has 3 N–H and O–H groups in total. The van der Waals surface area contributed by atoms with E-state index in [1.165, 1.54) is 29.9 Å². The molecule has 63 heavy (non-hydrogen) atoms. The van der Waals surface area contributed by atoms with Gasteiger partial charge in [-0.3, -0.25) is 29.3 Å². The highest BCUT2D eigenvalue weighted by molar-refractivity contribution is 6.33. The lowest BCUT2D eigenvalue weighted by Crippen LogP contribution is -2.53. The van der Waals surface area contributed by atoms with Gasteiger partial charge in [0, 0.05) is 88.4 Å². The minimum Gasteiger partial charge on any atom is -0.480 e. The van der Waals surface area contributed by atoms with Crippen molar-refractivity contribution in [2.45, 2.75) is 69.4 Å². The Kier molecular flexibility index (Phi) is 10.4. The Bertz CT molecular complexity index is 2720. The molecule has 10 rings (SSSR count). The number of hydrogen-bond donors (Lipinski definition) is 3. The van der Waals surface area contributed by atoms with E-state index in [-0.39, 0.29) is 51.2 Å². The zero-order valence-corrected chi connectivity index (χ0v) is 36.0. The van der Waals surface area contributed by atoms with Gasteiger partial charge in [0.15, 0.2) is 12.4 Å². The number of piperazine rings is 1. The molecule has 2 unspecified atom stereocenters. The lowest BCUT2D eigenvalue weighted by Gasteiger charge is -2.43. The first-order chi connectivity index (χ1) is 30.2. The third-order valence-electron chi connectivity index (χ3n) is 13.6. The van der Waals surface area contributed by atoms with E-state index in [2.05, 4.69) is 60.8 Å². The number of ether oxygens (including phenoxy) is 1. The van der Waals surface area contributed by atoms with Crippen molar-refractivity contribution in [3.63, 3.8) is 0 Å². The van der Waals surface area contributed by atoms with E-state index < -0.39 is 35.9 Å². The molecule has 3 aromatic heterocycles. The van der Waals surface area contributed by atoms with Crippen molar-refractivity contribution in [1.82, 2.24) is 34.5 Å². The van der Waals surface area contributed by atoms with Gasteiger partial charge in [-0.15, -0.1) is 0 Å². The van der Waals surface area contributed by atoms with Gasteiger partial charge in [-0.25, -0.2) is 18.2 Å². The van der Waals surface area contributed by atoms with Crippen LogP contribution < -0.4 is 36.0 Å². The van der Waals surface area contributed by atoms with Crippen molar-refractivity contribution in [3.05, 3.63) is 63.4 Å². The molecule has 3 saturated heterocycles. The number of aromatic nitrogens is 5. The zero-order chi connectivity index (χ0) is 43.9. The number of fused-ring (bicyclic) bond motifs is 4. The van der Waals surface area contributed by atoms with Gasteiger partial charge in [-0.05, 0) is 75.1 Å². The topological polar surface area (TPSA) is 155 Å². The number of carbonyl (C=O) groups excluding carboxylic acids is 2. The third-order valence-corrected chi connectivity index (χ3v) is 13.9.